The molecule has 0 saturated carbocycles. The van der Waals surface area contributed by atoms with Crippen LogP contribution in [-0.4, -0.2) is 23.6 Å². The van der Waals surface area contributed by atoms with Crippen molar-refractivity contribution in [1.82, 2.24) is 4.90 Å². The van der Waals surface area contributed by atoms with Gasteiger partial charge < -0.3 is 10.6 Å². The lowest BCUT2D eigenvalue weighted by Gasteiger charge is -2.17. The van der Waals surface area contributed by atoms with E-state index >= 15 is 0 Å². The number of anilines is 1. The molecule has 0 aliphatic carbocycles. The van der Waals surface area contributed by atoms with E-state index in [0.717, 1.165) is 21.7 Å². The van der Waals surface area contributed by atoms with Crippen LogP contribution in [-0.2, 0) is 11.3 Å². The molecule has 0 unspecified atom stereocenters. The quantitative estimate of drug-likeness (QED) is 0.680. The maximum Gasteiger partial charge on any atom is 0.232 e. The molecule has 0 saturated heterocycles. The minimum absolute atomic E-state index is 0.102. The van der Waals surface area contributed by atoms with E-state index in [1.54, 1.807) is 4.90 Å². The number of rotatable bonds is 5. The Hall–Kier alpha value is -1.94. The van der Waals surface area contributed by atoms with Gasteiger partial charge in [-0.05, 0) is 24.1 Å². The van der Waals surface area contributed by atoms with Gasteiger partial charge >= 0.3 is 0 Å². The van der Waals surface area contributed by atoms with Crippen molar-refractivity contribution in [3.63, 3.8) is 0 Å². The molecule has 0 aliphatic rings. The normalized spacial score (nSPS) is 10.4. The van der Waals surface area contributed by atoms with Crippen LogP contribution in [0.25, 0.3) is 0 Å². The van der Waals surface area contributed by atoms with E-state index in [9.17, 15) is 4.79 Å². The fourth-order valence-electron chi connectivity index (χ4n) is 1.97. The summed E-state index contributed by atoms with van der Waals surface area (Å²) in [6, 6.07) is 15.9. The Labute approximate surface area is 130 Å². The topological polar surface area (TPSA) is 46.3 Å². The zero-order valence-electron chi connectivity index (χ0n) is 12.4. The second kappa shape index (κ2) is 7.18. The number of para-hydroxylation sites is 1. The molecule has 110 valence electrons. The number of carbonyl (C=O) groups excluding carboxylic acids is 1. The van der Waals surface area contributed by atoms with Crippen LogP contribution in [0.4, 0.5) is 5.69 Å². The minimum atomic E-state index is 0.102. The highest BCUT2D eigenvalue weighted by molar-refractivity contribution is 8.00. The van der Waals surface area contributed by atoms with E-state index in [1.807, 2.05) is 62.5 Å². The number of hydrogen-bond donors (Lipinski definition) is 1. The Morgan fingerprint density at radius 3 is 2.57 bits per heavy atom. The van der Waals surface area contributed by atoms with Gasteiger partial charge in [0, 0.05) is 24.2 Å². The zero-order chi connectivity index (χ0) is 15.2. The standard InChI is InChI=1S/C17H20N2OS/c1-13-7-6-10-15(17(13)18)21-12-16(20)19(2)11-14-8-4-3-5-9-14/h3-10H,11-12,18H2,1-2H3. The van der Waals surface area contributed by atoms with E-state index in [1.165, 1.54) is 11.8 Å². The van der Waals surface area contributed by atoms with Gasteiger partial charge in [-0.3, -0.25) is 4.79 Å². The van der Waals surface area contributed by atoms with Crippen LogP contribution < -0.4 is 5.73 Å². The van der Waals surface area contributed by atoms with Gasteiger partial charge in [-0.2, -0.15) is 0 Å². The molecule has 3 nitrogen and oxygen atoms in total. The number of nitrogens with two attached hydrogens (primary N) is 1. The summed E-state index contributed by atoms with van der Waals surface area (Å²) < 4.78 is 0. The first-order chi connectivity index (χ1) is 10.1. The molecular formula is C17H20N2OS. The summed E-state index contributed by atoms with van der Waals surface area (Å²) in [6.45, 7) is 2.60. The monoisotopic (exact) mass is 300 g/mol. The minimum Gasteiger partial charge on any atom is -0.398 e. The largest absolute Gasteiger partial charge is 0.398 e. The summed E-state index contributed by atoms with van der Waals surface area (Å²) in [5.41, 5.74) is 8.97. The highest BCUT2D eigenvalue weighted by atomic mass is 32.2. The average molecular weight is 300 g/mol. The summed E-state index contributed by atoms with van der Waals surface area (Å²) >= 11 is 1.49. The summed E-state index contributed by atoms with van der Waals surface area (Å²) in [5, 5.41) is 0. The Bertz CT molecular complexity index is 613. The number of carbonyl (C=O) groups is 1. The van der Waals surface area contributed by atoms with Crippen LogP contribution in [0.1, 0.15) is 11.1 Å². The number of aryl methyl sites for hydroxylation is 1. The van der Waals surface area contributed by atoms with Crippen LogP contribution >= 0.6 is 11.8 Å². The van der Waals surface area contributed by atoms with E-state index in [4.69, 9.17) is 5.73 Å². The molecule has 1 amide bonds. The van der Waals surface area contributed by atoms with Crippen molar-refractivity contribution in [2.24, 2.45) is 0 Å². The summed E-state index contributed by atoms with van der Waals surface area (Å²) in [5.74, 6) is 0.501. The molecule has 2 rings (SSSR count). The van der Waals surface area contributed by atoms with Crippen LogP contribution in [0.15, 0.2) is 53.4 Å². The predicted octanol–water partition coefficient (Wildman–Crippen LogP) is 3.33. The van der Waals surface area contributed by atoms with Crippen molar-refractivity contribution >= 4 is 23.4 Å². The molecule has 0 spiro atoms. The van der Waals surface area contributed by atoms with Crippen molar-refractivity contribution in [3.05, 3.63) is 59.7 Å². The third-order valence-corrected chi connectivity index (χ3v) is 4.38. The van der Waals surface area contributed by atoms with Gasteiger partial charge in [0.25, 0.3) is 0 Å². The van der Waals surface area contributed by atoms with Crippen molar-refractivity contribution in [1.29, 1.82) is 0 Å². The van der Waals surface area contributed by atoms with Crippen molar-refractivity contribution < 1.29 is 4.79 Å². The second-order valence-corrected chi connectivity index (χ2v) is 6.03. The molecule has 0 heterocycles. The highest BCUT2D eigenvalue weighted by Gasteiger charge is 2.11. The van der Waals surface area contributed by atoms with Crippen molar-refractivity contribution in [2.45, 2.75) is 18.4 Å². The maximum absolute atomic E-state index is 12.2. The molecule has 0 aliphatic heterocycles. The van der Waals surface area contributed by atoms with E-state index in [0.29, 0.717) is 12.3 Å². The Balaban J connectivity index is 1.91. The van der Waals surface area contributed by atoms with Gasteiger partial charge in [-0.25, -0.2) is 0 Å². The molecule has 0 bridgehead atoms. The third kappa shape index (κ3) is 4.26. The van der Waals surface area contributed by atoms with Crippen LogP contribution in [0.3, 0.4) is 0 Å². The first-order valence-electron chi connectivity index (χ1n) is 6.83. The fourth-order valence-corrected chi connectivity index (χ4v) is 2.97. The smallest absolute Gasteiger partial charge is 0.232 e. The molecule has 0 atom stereocenters. The summed E-state index contributed by atoms with van der Waals surface area (Å²) in [4.78, 5) is 14.9. The number of hydrogen-bond acceptors (Lipinski definition) is 3. The molecule has 0 aromatic heterocycles. The van der Waals surface area contributed by atoms with Crippen LogP contribution in [0.5, 0.6) is 0 Å². The van der Waals surface area contributed by atoms with Gasteiger partial charge in [0.15, 0.2) is 0 Å². The zero-order valence-corrected chi connectivity index (χ0v) is 13.2. The molecule has 21 heavy (non-hydrogen) atoms. The average Bonchev–Trinajstić information content (AvgIpc) is 2.49. The maximum atomic E-state index is 12.2. The molecular weight excluding hydrogens is 280 g/mol. The van der Waals surface area contributed by atoms with Crippen LogP contribution in [0, 0.1) is 6.92 Å². The number of nitrogens with zero attached hydrogens (tertiary/aromatic N) is 1. The van der Waals surface area contributed by atoms with E-state index < -0.39 is 0 Å². The lowest BCUT2D eigenvalue weighted by atomic mass is 10.2. The van der Waals surface area contributed by atoms with Gasteiger partial charge in [0.2, 0.25) is 5.91 Å². The second-order valence-electron chi connectivity index (χ2n) is 5.01. The Morgan fingerprint density at radius 1 is 1.14 bits per heavy atom. The van der Waals surface area contributed by atoms with Gasteiger partial charge in [-0.15, -0.1) is 11.8 Å². The number of amides is 1. The first kappa shape index (κ1) is 15.4. The Morgan fingerprint density at radius 2 is 1.86 bits per heavy atom. The van der Waals surface area contributed by atoms with Gasteiger partial charge in [0.05, 0.1) is 5.75 Å². The third-order valence-electron chi connectivity index (χ3n) is 3.32. The molecule has 2 aromatic carbocycles. The van der Waals surface area contributed by atoms with Crippen LogP contribution in [0.2, 0.25) is 0 Å². The van der Waals surface area contributed by atoms with Crippen molar-refractivity contribution in [3.8, 4) is 0 Å². The van der Waals surface area contributed by atoms with Crippen molar-refractivity contribution in [2.75, 3.05) is 18.5 Å². The van der Waals surface area contributed by atoms with E-state index in [-0.39, 0.29) is 5.91 Å². The Kier molecular flexibility index (Phi) is 5.28. The molecule has 2 N–H and O–H groups in total. The highest BCUT2D eigenvalue weighted by Crippen LogP contribution is 2.27. The number of benzene rings is 2. The predicted molar refractivity (Wildman–Crippen MR) is 89.2 cm³/mol. The number of nitrogen functional groups attached to an aromatic ring is 1. The molecule has 0 radical (unpaired) electrons. The fraction of sp³-hybridized carbons (Fsp3) is 0.235. The lowest BCUT2D eigenvalue weighted by Crippen LogP contribution is -2.27. The van der Waals surface area contributed by atoms with E-state index in [2.05, 4.69) is 0 Å². The molecule has 4 heteroatoms. The lowest BCUT2D eigenvalue weighted by molar-refractivity contribution is -0.127. The SMILES string of the molecule is Cc1cccc(SCC(=O)N(C)Cc2ccccc2)c1N. The van der Waals surface area contributed by atoms with Gasteiger partial charge in [-0.1, -0.05) is 42.5 Å². The number of thioether (sulfide) groups is 1. The van der Waals surface area contributed by atoms with Gasteiger partial charge in [0.1, 0.15) is 0 Å². The molecule has 2 aromatic rings. The summed E-state index contributed by atoms with van der Waals surface area (Å²) in [6.07, 6.45) is 0. The first-order valence-corrected chi connectivity index (χ1v) is 7.82. The molecule has 0 fully saturated rings. The summed E-state index contributed by atoms with van der Waals surface area (Å²) in [7, 11) is 1.83.